The zero-order valence-electron chi connectivity index (χ0n) is 13.3. The Hall–Kier alpha value is -0.200. The van der Waals surface area contributed by atoms with E-state index in [9.17, 15) is 31.5 Å². The quantitative estimate of drug-likeness (QED) is 0.473. The van der Waals surface area contributed by atoms with Crippen molar-refractivity contribution in [2.45, 2.75) is 43.9 Å². The molecule has 12 heteroatoms. The number of ketones is 1. The molecule has 0 heterocycles. The topological polar surface area (TPSA) is 58.2 Å². The number of alkyl halides is 5. The van der Waals surface area contributed by atoms with Crippen molar-refractivity contribution in [3.05, 3.63) is 0 Å². The smallest absolute Gasteiger partial charge is 0.299 e. The van der Waals surface area contributed by atoms with Crippen LogP contribution in [0, 0.1) is 16.7 Å². The van der Waals surface area contributed by atoms with Crippen LogP contribution in [0.2, 0.25) is 0 Å². The summed E-state index contributed by atoms with van der Waals surface area (Å²) in [5.74, 6) is -1.20. The summed E-state index contributed by atoms with van der Waals surface area (Å²) in [4.78, 5) is 23.8. The van der Waals surface area contributed by atoms with Crippen molar-refractivity contribution in [1.29, 1.82) is 0 Å². The van der Waals surface area contributed by atoms with Crippen molar-refractivity contribution >= 4 is 47.5 Å². The molecule has 144 valence electrons. The number of nitrogens with one attached hydrogen (secondary N) is 2. The van der Waals surface area contributed by atoms with Gasteiger partial charge in [-0.3, -0.25) is 14.3 Å². The minimum Gasteiger partial charge on any atom is -0.299 e. The maximum Gasteiger partial charge on any atom is 0.456 e. The number of carbonyl (C=O) groups is 2. The molecule has 2 aliphatic carbocycles. The van der Waals surface area contributed by atoms with Crippen molar-refractivity contribution < 1.29 is 31.5 Å². The number of fused-ring (bicyclic) bond motifs is 2. The van der Waals surface area contributed by atoms with E-state index in [0.717, 1.165) is 6.42 Å². The Morgan fingerprint density at radius 2 is 1.88 bits per heavy atom. The van der Waals surface area contributed by atoms with Gasteiger partial charge in [0.25, 0.3) is 0 Å². The van der Waals surface area contributed by atoms with Gasteiger partial charge in [-0.25, -0.2) is 0 Å². The Morgan fingerprint density at radius 3 is 2.36 bits per heavy atom. The van der Waals surface area contributed by atoms with Crippen LogP contribution < -0.4 is 8.85 Å². The molecular weight excluding hydrogens is 407 g/mol. The van der Waals surface area contributed by atoms with Crippen molar-refractivity contribution in [2.75, 3.05) is 5.75 Å². The molecule has 2 fully saturated rings. The molecule has 25 heavy (non-hydrogen) atoms. The fourth-order valence-corrected chi connectivity index (χ4v) is 5.99. The van der Waals surface area contributed by atoms with Crippen LogP contribution in [0.5, 0.6) is 0 Å². The van der Waals surface area contributed by atoms with Gasteiger partial charge in [-0.05, 0) is 36.1 Å². The Labute approximate surface area is 154 Å². The second-order valence-electron chi connectivity index (χ2n) is 6.64. The summed E-state index contributed by atoms with van der Waals surface area (Å²) in [5, 5.41) is -4.07. The highest BCUT2D eigenvalue weighted by Crippen LogP contribution is 2.64. The summed E-state index contributed by atoms with van der Waals surface area (Å²) in [5.41, 5.74) is -5.65. The van der Waals surface area contributed by atoms with Crippen molar-refractivity contribution in [3.63, 3.8) is 0 Å². The molecule has 0 saturated heterocycles. The number of halogens is 5. The minimum atomic E-state index is -4.74. The van der Waals surface area contributed by atoms with E-state index in [1.807, 2.05) is 18.6 Å². The van der Waals surface area contributed by atoms with Gasteiger partial charge >= 0.3 is 16.7 Å². The first kappa shape index (κ1) is 21.1. The molecule has 0 aromatic rings. The van der Waals surface area contributed by atoms with Crippen molar-refractivity contribution in [2.24, 2.45) is 16.7 Å². The van der Waals surface area contributed by atoms with Gasteiger partial charge in [0.2, 0.25) is 0 Å². The van der Waals surface area contributed by atoms with Gasteiger partial charge < -0.3 is 0 Å². The third kappa shape index (κ3) is 4.22. The molecule has 2 unspecified atom stereocenters. The summed E-state index contributed by atoms with van der Waals surface area (Å²) < 4.78 is 66.1. The zero-order valence-corrected chi connectivity index (χ0v) is 15.8. The average Bonchev–Trinajstić information content (AvgIpc) is 2.80. The minimum absolute atomic E-state index is 0.0832. The molecule has 0 radical (unpaired) electrons. The Balaban J connectivity index is 1.85. The predicted molar refractivity (Wildman–Crippen MR) is 88.5 cm³/mol. The lowest BCUT2D eigenvalue weighted by atomic mass is 9.70. The summed E-state index contributed by atoms with van der Waals surface area (Å²) in [6.07, 6.45) is 2.01. The molecule has 0 aromatic carbocycles. The van der Waals surface area contributed by atoms with Crippen molar-refractivity contribution in [1.82, 2.24) is 8.85 Å². The van der Waals surface area contributed by atoms with E-state index in [-0.39, 0.29) is 22.9 Å². The second-order valence-corrected chi connectivity index (χ2v) is 9.47. The Kier molecular flexibility index (Phi) is 5.98. The summed E-state index contributed by atoms with van der Waals surface area (Å²) >= 11 is -0.781. The Bertz CT molecular complexity index is 558. The molecule has 4 nitrogen and oxygen atoms in total. The molecule has 0 aromatic heterocycles. The van der Waals surface area contributed by atoms with Gasteiger partial charge in [0, 0.05) is 41.5 Å². The standard InChI is InChI=1S/C13H17F5N2O2S3/c1-10(2)7-3-4-11(10,8(21)5-7)6-23-19-9(22)12(14,15)24-20-25-13(16,17)18/h7,20H,3-6H2,1-2H3,(H,19,22). The van der Waals surface area contributed by atoms with Crippen LogP contribution in [-0.2, 0) is 9.59 Å². The van der Waals surface area contributed by atoms with Crippen LogP contribution in [-0.4, -0.2) is 28.2 Å². The molecule has 2 bridgehead atoms. The molecule has 2 atom stereocenters. The number of rotatable bonds is 7. The predicted octanol–water partition coefficient (Wildman–Crippen LogP) is 4.14. The molecule has 0 spiro atoms. The summed E-state index contributed by atoms with van der Waals surface area (Å²) in [6, 6.07) is 0. The van der Waals surface area contributed by atoms with E-state index in [1.54, 1.807) is 0 Å². The zero-order chi connectivity index (χ0) is 19.1. The highest BCUT2D eigenvalue weighted by Gasteiger charge is 2.63. The number of hydrogen-bond donors (Lipinski definition) is 2. The molecule has 2 rings (SSSR count). The van der Waals surface area contributed by atoms with Crippen LogP contribution >= 0.6 is 35.8 Å². The summed E-state index contributed by atoms with van der Waals surface area (Å²) in [6.45, 7) is 3.95. The number of Topliss-reactive ketones (excluding diaryl/α,β-unsaturated/α-hetero) is 1. The maximum absolute atomic E-state index is 13.5. The fourth-order valence-electron chi connectivity index (χ4n) is 3.56. The average molecular weight is 424 g/mol. The summed E-state index contributed by atoms with van der Waals surface area (Å²) in [7, 11) is 0. The molecular formula is C13H17F5N2O2S3. The van der Waals surface area contributed by atoms with E-state index in [0.29, 0.717) is 24.8 Å². The number of carbonyl (C=O) groups excluding carboxylic acids is 2. The third-order valence-electron chi connectivity index (χ3n) is 5.21. The van der Waals surface area contributed by atoms with E-state index >= 15 is 0 Å². The van der Waals surface area contributed by atoms with E-state index in [1.165, 1.54) is 4.13 Å². The fraction of sp³-hybridized carbons (Fsp3) is 0.846. The first-order chi connectivity index (χ1) is 11.3. The maximum atomic E-state index is 13.5. The first-order valence-corrected chi connectivity index (χ1v) is 9.95. The van der Waals surface area contributed by atoms with Crippen LogP contribution in [0.1, 0.15) is 33.1 Å². The monoisotopic (exact) mass is 424 g/mol. The van der Waals surface area contributed by atoms with Gasteiger partial charge in [0.15, 0.2) is 0 Å². The largest absolute Gasteiger partial charge is 0.456 e. The van der Waals surface area contributed by atoms with Gasteiger partial charge in [-0.1, -0.05) is 13.8 Å². The number of amides is 1. The van der Waals surface area contributed by atoms with Gasteiger partial charge in [-0.15, -0.1) is 0 Å². The van der Waals surface area contributed by atoms with Crippen LogP contribution in [0.15, 0.2) is 0 Å². The SMILES string of the molecule is CC1(C)C2CCC1(CSNC(=O)C(F)(F)SNSC(F)(F)F)C(=O)C2. The van der Waals surface area contributed by atoms with Crippen molar-refractivity contribution in [3.8, 4) is 0 Å². The lowest BCUT2D eigenvalue weighted by Crippen LogP contribution is -2.41. The van der Waals surface area contributed by atoms with Gasteiger partial charge in [-0.2, -0.15) is 26.1 Å². The first-order valence-electron chi connectivity index (χ1n) is 7.33. The highest BCUT2D eigenvalue weighted by molar-refractivity contribution is 8.13. The lowest BCUT2D eigenvalue weighted by Gasteiger charge is -2.36. The molecule has 2 saturated carbocycles. The van der Waals surface area contributed by atoms with E-state index < -0.39 is 46.0 Å². The van der Waals surface area contributed by atoms with Crippen LogP contribution in [0.25, 0.3) is 0 Å². The molecule has 1 amide bonds. The van der Waals surface area contributed by atoms with E-state index in [2.05, 4.69) is 0 Å². The normalized spacial score (nSPS) is 28.4. The Morgan fingerprint density at radius 1 is 1.24 bits per heavy atom. The van der Waals surface area contributed by atoms with Gasteiger partial charge in [0.1, 0.15) is 5.78 Å². The van der Waals surface area contributed by atoms with E-state index in [4.69, 9.17) is 0 Å². The highest BCUT2D eigenvalue weighted by atomic mass is 32.2. The van der Waals surface area contributed by atoms with Gasteiger partial charge in [0.05, 0.1) is 0 Å². The molecule has 0 aliphatic heterocycles. The third-order valence-corrected chi connectivity index (χ3v) is 7.52. The second kappa shape index (κ2) is 7.08. The van der Waals surface area contributed by atoms with Crippen LogP contribution in [0.4, 0.5) is 22.0 Å². The lowest BCUT2D eigenvalue weighted by molar-refractivity contribution is -0.133. The van der Waals surface area contributed by atoms with Crippen LogP contribution in [0.3, 0.4) is 0 Å². The molecule has 2 aliphatic rings. The molecule has 2 N–H and O–H groups in total. The number of hydrogen-bond acceptors (Lipinski definition) is 6.